The van der Waals surface area contributed by atoms with Crippen LogP contribution in [0.4, 0.5) is 5.69 Å². The minimum Gasteiger partial charge on any atom is -0.324 e. The average molecular weight is 390 g/mol. The standard InChI is InChI=1S/C14H18Br2N2O/c1-8-5-11(15)13(12(16)6-8)18-14(19)10-3-4-17-9(2)7-10/h5-6,9-10,17H,3-4,7H2,1-2H3,(H,18,19). The van der Waals surface area contributed by atoms with Crippen LogP contribution in [0.5, 0.6) is 0 Å². The highest BCUT2D eigenvalue weighted by Gasteiger charge is 2.25. The summed E-state index contributed by atoms with van der Waals surface area (Å²) in [6.45, 7) is 5.06. The Morgan fingerprint density at radius 1 is 1.37 bits per heavy atom. The molecule has 1 fully saturated rings. The minimum atomic E-state index is 0.0938. The second-order valence-corrected chi connectivity index (χ2v) is 6.88. The SMILES string of the molecule is Cc1cc(Br)c(NC(=O)C2CCNC(C)C2)c(Br)c1. The monoisotopic (exact) mass is 388 g/mol. The summed E-state index contributed by atoms with van der Waals surface area (Å²) >= 11 is 7.01. The highest BCUT2D eigenvalue weighted by atomic mass is 79.9. The third-order valence-corrected chi connectivity index (χ3v) is 4.68. The van der Waals surface area contributed by atoms with E-state index in [1.807, 2.05) is 19.1 Å². The Bertz CT molecular complexity index is 467. The Morgan fingerprint density at radius 2 is 2.00 bits per heavy atom. The molecule has 0 spiro atoms. The van der Waals surface area contributed by atoms with Gasteiger partial charge in [-0.05, 0) is 82.8 Å². The molecule has 1 heterocycles. The van der Waals surface area contributed by atoms with E-state index in [1.165, 1.54) is 0 Å². The highest BCUT2D eigenvalue weighted by Crippen LogP contribution is 2.33. The number of nitrogens with one attached hydrogen (secondary N) is 2. The van der Waals surface area contributed by atoms with Crippen LogP contribution in [0.2, 0.25) is 0 Å². The number of benzene rings is 1. The van der Waals surface area contributed by atoms with Gasteiger partial charge in [0.25, 0.3) is 0 Å². The molecule has 5 heteroatoms. The summed E-state index contributed by atoms with van der Waals surface area (Å²) < 4.78 is 1.82. The molecule has 0 bridgehead atoms. The van der Waals surface area contributed by atoms with E-state index < -0.39 is 0 Å². The van der Waals surface area contributed by atoms with Crippen LogP contribution in [0, 0.1) is 12.8 Å². The zero-order chi connectivity index (χ0) is 14.0. The fourth-order valence-electron chi connectivity index (χ4n) is 2.41. The maximum Gasteiger partial charge on any atom is 0.227 e. The summed E-state index contributed by atoms with van der Waals surface area (Å²) in [5, 5.41) is 6.40. The lowest BCUT2D eigenvalue weighted by Gasteiger charge is -2.27. The lowest BCUT2D eigenvalue weighted by Crippen LogP contribution is -2.40. The Hall–Kier alpha value is -0.390. The van der Waals surface area contributed by atoms with Gasteiger partial charge in [0.05, 0.1) is 5.69 Å². The van der Waals surface area contributed by atoms with Gasteiger partial charge in [0.1, 0.15) is 0 Å². The molecule has 1 aromatic rings. The smallest absolute Gasteiger partial charge is 0.227 e. The highest BCUT2D eigenvalue weighted by molar-refractivity contribution is 9.11. The fraction of sp³-hybridized carbons (Fsp3) is 0.500. The summed E-state index contributed by atoms with van der Waals surface area (Å²) in [6, 6.07) is 4.42. The molecular weight excluding hydrogens is 372 g/mol. The molecule has 0 aromatic heterocycles. The lowest BCUT2D eigenvalue weighted by molar-refractivity contribution is -0.120. The topological polar surface area (TPSA) is 41.1 Å². The van der Waals surface area contributed by atoms with Gasteiger partial charge >= 0.3 is 0 Å². The number of hydrogen-bond donors (Lipinski definition) is 2. The molecule has 0 aliphatic carbocycles. The Kier molecular flexibility index (Phi) is 5.03. The molecule has 2 N–H and O–H groups in total. The van der Waals surface area contributed by atoms with E-state index in [0.717, 1.165) is 39.6 Å². The quantitative estimate of drug-likeness (QED) is 0.806. The summed E-state index contributed by atoms with van der Waals surface area (Å²) in [5.74, 6) is 0.204. The van der Waals surface area contributed by atoms with Crippen molar-refractivity contribution in [3.8, 4) is 0 Å². The van der Waals surface area contributed by atoms with Crippen LogP contribution < -0.4 is 10.6 Å². The van der Waals surface area contributed by atoms with Crippen molar-refractivity contribution in [1.82, 2.24) is 5.32 Å². The molecule has 0 saturated carbocycles. The number of carbonyl (C=O) groups excluding carboxylic acids is 1. The van der Waals surface area contributed by atoms with Crippen molar-refractivity contribution in [2.45, 2.75) is 32.7 Å². The summed E-state index contributed by atoms with van der Waals surface area (Å²) in [4.78, 5) is 12.3. The summed E-state index contributed by atoms with van der Waals surface area (Å²) in [6.07, 6.45) is 1.80. The number of amides is 1. The molecule has 1 aliphatic heterocycles. The number of rotatable bonds is 2. The molecule has 1 amide bonds. The van der Waals surface area contributed by atoms with Crippen LogP contribution in [0.1, 0.15) is 25.3 Å². The van der Waals surface area contributed by atoms with Crippen LogP contribution in [0.15, 0.2) is 21.1 Å². The van der Waals surface area contributed by atoms with Crippen molar-refractivity contribution >= 4 is 43.5 Å². The maximum absolute atomic E-state index is 12.3. The van der Waals surface area contributed by atoms with E-state index in [2.05, 4.69) is 49.4 Å². The second kappa shape index (κ2) is 6.37. The van der Waals surface area contributed by atoms with Gasteiger partial charge in [0.2, 0.25) is 5.91 Å². The number of carbonyl (C=O) groups is 1. The second-order valence-electron chi connectivity index (χ2n) is 5.17. The van der Waals surface area contributed by atoms with Crippen LogP contribution in [0.25, 0.3) is 0 Å². The van der Waals surface area contributed by atoms with E-state index in [4.69, 9.17) is 0 Å². The van der Waals surface area contributed by atoms with Crippen LogP contribution in [-0.4, -0.2) is 18.5 Å². The normalized spacial score (nSPS) is 23.2. The van der Waals surface area contributed by atoms with Crippen molar-refractivity contribution in [2.24, 2.45) is 5.92 Å². The number of aryl methyl sites for hydroxylation is 1. The minimum absolute atomic E-state index is 0.0938. The first-order valence-electron chi connectivity index (χ1n) is 6.47. The van der Waals surface area contributed by atoms with Crippen molar-refractivity contribution in [3.63, 3.8) is 0 Å². The van der Waals surface area contributed by atoms with Crippen molar-refractivity contribution < 1.29 is 4.79 Å². The lowest BCUT2D eigenvalue weighted by atomic mass is 9.92. The number of anilines is 1. The largest absolute Gasteiger partial charge is 0.324 e. The zero-order valence-electron chi connectivity index (χ0n) is 11.1. The van der Waals surface area contributed by atoms with Crippen LogP contribution in [-0.2, 0) is 4.79 Å². The first kappa shape index (κ1) is 15.0. The van der Waals surface area contributed by atoms with E-state index >= 15 is 0 Å². The predicted molar refractivity (Wildman–Crippen MR) is 85.4 cm³/mol. The number of halogens is 2. The van der Waals surface area contributed by atoms with Gasteiger partial charge in [-0.2, -0.15) is 0 Å². The van der Waals surface area contributed by atoms with Crippen molar-refractivity contribution in [2.75, 3.05) is 11.9 Å². The van der Waals surface area contributed by atoms with Crippen molar-refractivity contribution in [1.29, 1.82) is 0 Å². The first-order valence-corrected chi connectivity index (χ1v) is 8.06. The molecule has 1 aliphatic rings. The fourth-order valence-corrected chi connectivity index (χ4v) is 4.03. The predicted octanol–water partition coefficient (Wildman–Crippen LogP) is 3.85. The average Bonchev–Trinajstić information content (AvgIpc) is 2.33. The zero-order valence-corrected chi connectivity index (χ0v) is 14.3. The van der Waals surface area contributed by atoms with E-state index in [-0.39, 0.29) is 11.8 Å². The molecule has 2 atom stereocenters. The van der Waals surface area contributed by atoms with Gasteiger partial charge in [-0.3, -0.25) is 4.79 Å². The van der Waals surface area contributed by atoms with Gasteiger partial charge in [-0.25, -0.2) is 0 Å². The summed E-state index contributed by atoms with van der Waals surface area (Å²) in [7, 11) is 0. The van der Waals surface area contributed by atoms with Crippen LogP contribution >= 0.6 is 31.9 Å². The van der Waals surface area contributed by atoms with E-state index in [1.54, 1.807) is 0 Å². The van der Waals surface area contributed by atoms with Crippen LogP contribution in [0.3, 0.4) is 0 Å². The molecule has 1 saturated heterocycles. The first-order chi connectivity index (χ1) is 8.97. The Balaban J connectivity index is 2.10. The molecule has 0 radical (unpaired) electrons. The van der Waals surface area contributed by atoms with Gasteiger partial charge in [0, 0.05) is 20.9 Å². The molecule has 2 unspecified atom stereocenters. The van der Waals surface area contributed by atoms with Gasteiger partial charge in [-0.1, -0.05) is 0 Å². The van der Waals surface area contributed by atoms with Gasteiger partial charge < -0.3 is 10.6 Å². The molecule has 19 heavy (non-hydrogen) atoms. The molecule has 2 rings (SSSR count). The summed E-state index contributed by atoms with van der Waals surface area (Å²) in [5.41, 5.74) is 1.97. The van der Waals surface area contributed by atoms with Gasteiger partial charge in [0.15, 0.2) is 0 Å². The van der Waals surface area contributed by atoms with E-state index in [0.29, 0.717) is 6.04 Å². The molecule has 1 aromatic carbocycles. The van der Waals surface area contributed by atoms with Crippen molar-refractivity contribution in [3.05, 3.63) is 26.6 Å². The maximum atomic E-state index is 12.3. The Morgan fingerprint density at radius 3 is 2.58 bits per heavy atom. The van der Waals surface area contributed by atoms with Gasteiger partial charge in [-0.15, -0.1) is 0 Å². The molecule has 104 valence electrons. The molecular formula is C14H18Br2N2O. The number of hydrogen-bond acceptors (Lipinski definition) is 2. The molecule has 3 nitrogen and oxygen atoms in total. The third kappa shape index (κ3) is 3.80. The Labute approximate surface area is 130 Å². The van der Waals surface area contributed by atoms with E-state index in [9.17, 15) is 4.79 Å². The third-order valence-electron chi connectivity index (χ3n) is 3.43. The number of piperidine rings is 1.